The smallest absolute Gasteiger partial charge is 0.419 e. The summed E-state index contributed by atoms with van der Waals surface area (Å²) in [6.07, 6.45) is -4.99. The number of anilines is 1. The van der Waals surface area contributed by atoms with Crippen LogP contribution in [0.15, 0.2) is 18.2 Å². The van der Waals surface area contributed by atoms with Crippen LogP contribution in [-0.2, 0) is 20.5 Å². The number of rotatable bonds is 3. The van der Waals surface area contributed by atoms with E-state index in [2.05, 4.69) is 5.32 Å². The zero-order chi connectivity index (χ0) is 17.6. The Labute approximate surface area is 133 Å². The predicted octanol–water partition coefficient (Wildman–Crippen LogP) is 2.66. The van der Waals surface area contributed by atoms with E-state index in [0.29, 0.717) is 25.0 Å². The van der Waals surface area contributed by atoms with Gasteiger partial charge in [0.2, 0.25) is 5.91 Å². The number of carbonyl (C=O) groups is 2. The maximum absolute atomic E-state index is 13.3. The Balaban J connectivity index is 1.81. The van der Waals surface area contributed by atoms with Gasteiger partial charge in [0.1, 0.15) is 5.82 Å². The minimum absolute atomic E-state index is 0.249. The van der Waals surface area contributed by atoms with Crippen LogP contribution >= 0.6 is 0 Å². The van der Waals surface area contributed by atoms with Crippen molar-refractivity contribution in [3.63, 3.8) is 0 Å². The SMILES string of the molecule is O=C(O)[C@@H]1[C@H](C(=O)Nc2ccc(F)c(C(F)(F)F)c2)[C@@H]2CC[C@H]1O2. The molecule has 0 spiro atoms. The number of fused-ring (bicyclic) bond motifs is 2. The van der Waals surface area contributed by atoms with Crippen molar-refractivity contribution in [1.29, 1.82) is 0 Å². The molecule has 0 aromatic heterocycles. The van der Waals surface area contributed by atoms with Crippen LogP contribution < -0.4 is 5.32 Å². The molecule has 2 saturated heterocycles. The molecule has 5 nitrogen and oxygen atoms in total. The van der Waals surface area contributed by atoms with Crippen LogP contribution in [0.4, 0.5) is 23.2 Å². The topological polar surface area (TPSA) is 75.6 Å². The van der Waals surface area contributed by atoms with Crippen LogP contribution in [0.1, 0.15) is 18.4 Å². The summed E-state index contributed by atoms with van der Waals surface area (Å²) < 4.78 is 56.8. The zero-order valence-corrected chi connectivity index (χ0v) is 12.1. The molecule has 2 aliphatic heterocycles. The van der Waals surface area contributed by atoms with Gasteiger partial charge in [-0.2, -0.15) is 13.2 Å². The summed E-state index contributed by atoms with van der Waals surface area (Å²) in [4.78, 5) is 23.7. The summed E-state index contributed by atoms with van der Waals surface area (Å²) in [7, 11) is 0. The van der Waals surface area contributed by atoms with E-state index in [1.807, 2.05) is 0 Å². The molecule has 0 unspecified atom stereocenters. The highest BCUT2D eigenvalue weighted by Gasteiger charge is 2.55. The molecule has 0 saturated carbocycles. The number of hydrogen-bond acceptors (Lipinski definition) is 3. The van der Waals surface area contributed by atoms with Gasteiger partial charge < -0.3 is 15.2 Å². The summed E-state index contributed by atoms with van der Waals surface area (Å²) in [5, 5.41) is 11.5. The highest BCUT2D eigenvalue weighted by atomic mass is 19.4. The van der Waals surface area contributed by atoms with E-state index in [1.165, 1.54) is 0 Å². The molecule has 4 atom stereocenters. The second-order valence-electron chi connectivity index (χ2n) is 5.86. The average Bonchev–Trinajstić information content (AvgIpc) is 3.08. The maximum Gasteiger partial charge on any atom is 0.419 e. The number of alkyl halides is 3. The summed E-state index contributed by atoms with van der Waals surface area (Å²) in [5.74, 6) is -5.40. The maximum atomic E-state index is 13.3. The fraction of sp³-hybridized carbons (Fsp3) is 0.467. The van der Waals surface area contributed by atoms with Crippen LogP contribution in [0.2, 0.25) is 0 Å². The van der Waals surface area contributed by atoms with Gasteiger partial charge >= 0.3 is 12.1 Å². The molecule has 2 bridgehead atoms. The third kappa shape index (κ3) is 2.83. The number of ether oxygens (including phenoxy) is 1. The fourth-order valence-corrected chi connectivity index (χ4v) is 3.37. The molecule has 9 heteroatoms. The fourth-order valence-electron chi connectivity index (χ4n) is 3.37. The zero-order valence-electron chi connectivity index (χ0n) is 12.1. The molecular formula is C15H13F4NO4. The quantitative estimate of drug-likeness (QED) is 0.825. The van der Waals surface area contributed by atoms with Crippen molar-refractivity contribution < 1.29 is 37.0 Å². The molecule has 3 rings (SSSR count). The summed E-state index contributed by atoms with van der Waals surface area (Å²) in [5.41, 5.74) is -1.75. The van der Waals surface area contributed by atoms with E-state index < -0.39 is 53.5 Å². The third-order valence-corrected chi connectivity index (χ3v) is 4.40. The number of nitrogens with one attached hydrogen (secondary N) is 1. The van der Waals surface area contributed by atoms with Crippen LogP contribution in [0.3, 0.4) is 0 Å². The van der Waals surface area contributed by atoms with E-state index in [4.69, 9.17) is 4.74 Å². The molecule has 2 fully saturated rings. The van der Waals surface area contributed by atoms with Crippen molar-refractivity contribution in [2.75, 3.05) is 5.32 Å². The molecule has 24 heavy (non-hydrogen) atoms. The first-order chi connectivity index (χ1) is 11.2. The third-order valence-electron chi connectivity index (χ3n) is 4.40. The highest BCUT2D eigenvalue weighted by Crippen LogP contribution is 2.44. The molecule has 130 valence electrons. The van der Waals surface area contributed by atoms with Gasteiger partial charge in [0.05, 0.1) is 29.6 Å². The largest absolute Gasteiger partial charge is 0.481 e. The minimum atomic E-state index is -4.90. The normalized spacial score (nSPS) is 28.8. The van der Waals surface area contributed by atoms with Gasteiger partial charge in [0, 0.05) is 5.69 Å². The van der Waals surface area contributed by atoms with Crippen molar-refractivity contribution in [3.05, 3.63) is 29.6 Å². The Hall–Kier alpha value is -2.16. The van der Waals surface area contributed by atoms with E-state index in [9.17, 15) is 32.3 Å². The van der Waals surface area contributed by atoms with Gasteiger partial charge in [-0.15, -0.1) is 0 Å². The summed E-state index contributed by atoms with van der Waals surface area (Å²) in [6, 6.07) is 2.08. The number of carbonyl (C=O) groups excluding carboxylic acids is 1. The lowest BCUT2D eigenvalue weighted by molar-refractivity contribution is -0.147. The van der Waals surface area contributed by atoms with Gasteiger partial charge in [0.15, 0.2) is 0 Å². The Morgan fingerprint density at radius 3 is 2.38 bits per heavy atom. The van der Waals surface area contributed by atoms with E-state index in [0.717, 1.165) is 6.07 Å². The second-order valence-corrected chi connectivity index (χ2v) is 5.86. The number of amides is 1. The molecule has 2 aliphatic rings. The van der Waals surface area contributed by atoms with Crippen LogP contribution in [0.25, 0.3) is 0 Å². The highest BCUT2D eigenvalue weighted by molar-refractivity contribution is 5.96. The number of aliphatic carboxylic acids is 1. The Morgan fingerprint density at radius 1 is 1.17 bits per heavy atom. The standard InChI is InChI=1S/C15H13F4NO4/c16-8-2-1-6(5-7(8)15(17,18)19)20-13(21)11-9-3-4-10(24-9)12(11)14(22)23/h1-2,5,9-12H,3-4H2,(H,20,21)(H,22,23)/t9-,10+,11+,12-/m0/s1. The van der Waals surface area contributed by atoms with Gasteiger partial charge in [-0.05, 0) is 31.0 Å². The molecule has 0 radical (unpaired) electrons. The van der Waals surface area contributed by atoms with E-state index in [-0.39, 0.29) is 5.69 Å². The first-order valence-corrected chi connectivity index (χ1v) is 7.24. The Kier molecular flexibility index (Phi) is 3.98. The van der Waals surface area contributed by atoms with Crippen LogP contribution in [-0.4, -0.2) is 29.2 Å². The molecule has 2 heterocycles. The number of halogens is 4. The first-order valence-electron chi connectivity index (χ1n) is 7.24. The van der Waals surface area contributed by atoms with Crippen molar-refractivity contribution in [2.24, 2.45) is 11.8 Å². The number of carboxylic acids is 1. The lowest BCUT2D eigenvalue weighted by atomic mass is 9.78. The molecule has 0 aliphatic carbocycles. The molecule has 2 N–H and O–H groups in total. The number of hydrogen-bond donors (Lipinski definition) is 2. The van der Waals surface area contributed by atoms with Crippen molar-refractivity contribution in [1.82, 2.24) is 0 Å². The summed E-state index contributed by atoms with van der Waals surface area (Å²) >= 11 is 0. The Bertz CT molecular complexity index is 691. The van der Waals surface area contributed by atoms with Gasteiger partial charge in [-0.3, -0.25) is 9.59 Å². The Morgan fingerprint density at radius 2 is 1.79 bits per heavy atom. The van der Waals surface area contributed by atoms with Crippen molar-refractivity contribution >= 4 is 17.6 Å². The molecule has 1 aromatic rings. The molecule has 1 amide bonds. The van der Waals surface area contributed by atoms with Gasteiger partial charge in [0.25, 0.3) is 0 Å². The lowest BCUT2D eigenvalue weighted by Crippen LogP contribution is -2.41. The van der Waals surface area contributed by atoms with E-state index >= 15 is 0 Å². The second kappa shape index (κ2) is 5.73. The van der Waals surface area contributed by atoms with Crippen molar-refractivity contribution in [3.8, 4) is 0 Å². The summed E-state index contributed by atoms with van der Waals surface area (Å²) in [6.45, 7) is 0. The predicted molar refractivity (Wildman–Crippen MR) is 72.5 cm³/mol. The minimum Gasteiger partial charge on any atom is -0.481 e. The lowest BCUT2D eigenvalue weighted by Gasteiger charge is -2.24. The molecular weight excluding hydrogens is 334 g/mol. The number of carboxylic acid groups (broad SMARTS) is 1. The van der Waals surface area contributed by atoms with Gasteiger partial charge in [-0.25, -0.2) is 4.39 Å². The average molecular weight is 347 g/mol. The van der Waals surface area contributed by atoms with E-state index in [1.54, 1.807) is 0 Å². The van der Waals surface area contributed by atoms with Crippen LogP contribution in [0.5, 0.6) is 0 Å². The van der Waals surface area contributed by atoms with Crippen LogP contribution in [0, 0.1) is 17.7 Å². The first kappa shape index (κ1) is 16.7. The van der Waals surface area contributed by atoms with Crippen molar-refractivity contribution in [2.45, 2.75) is 31.2 Å². The molecule has 1 aromatic carbocycles. The number of benzene rings is 1. The monoisotopic (exact) mass is 347 g/mol. The van der Waals surface area contributed by atoms with Gasteiger partial charge in [-0.1, -0.05) is 0 Å².